The van der Waals surface area contributed by atoms with E-state index < -0.39 is 0 Å². The van der Waals surface area contributed by atoms with Crippen molar-refractivity contribution in [3.05, 3.63) is 51.8 Å². The number of halogens is 1. The third-order valence-corrected chi connectivity index (χ3v) is 5.27. The van der Waals surface area contributed by atoms with E-state index >= 15 is 0 Å². The molecular weight excluding hydrogens is 444 g/mol. The molecule has 1 aromatic heterocycles. The maximum Gasteiger partial charge on any atom is 0.230 e. The number of anilines is 1. The van der Waals surface area contributed by atoms with Gasteiger partial charge >= 0.3 is 0 Å². The van der Waals surface area contributed by atoms with E-state index in [0.717, 1.165) is 21.3 Å². The molecule has 146 valence electrons. The fourth-order valence-electron chi connectivity index (χ4n) is 2.67. The smallest absolute Gasteiger partial charge is 0.230 e. The van der Waals surface area contributed by atoms with Gasteiger partial charge in [-0.1, -0.05) is 28.1 Å². The van der Waals surface area contributed by atoms with Gasteiger partial charge in [-0.15, -0.1) is 11.3 Å². The highest BCUT2D eigenvalue weighted by atomic mass is 79.9. The number of aromatic nitrogens is 1. The zero-order chi connectivity index (χ0) is 20.1. The molecule has 0 radical (unpaired) electrons. The molecule has 0 atom stereocenters. The fraction of sp³-hybridized carbons (Fsp3) is 0.200. The summed E-state index contributed by atoms with van der Waals surface area (Å²) >= 11 is 4.80. The van der Waals surface area contributed by atoms with Gasteiger partial charge in [0.25, 0.3) is 0 Å². The molecule has 1 amide bonds. The van der Waals surface area contributed by atoms with Crippen LogP contribution in [0, 0.1) is 0 Å². The Morgan fingerprint density at radius 1 is 1.07 bits per heavy atom. The Morgan fingerprint density at radius 2 is 1.71 bits per heavy atom. The molecule has 8 heteroatoms. The summed E-state index contributed by atoms with van der Waals surface area (Å²) in [6, 6.07) is 11.4. The van der Waals surface area contributed by atoms with Gasteiger partial charge in [-0.2, -0.15) is 0 Å². The Hall–Kier alpha value is -2.58. The van der Waals surface area contributed by atoms with Crippen molar-refractivity contribution in [1.82, 2.24) is 4.98 Å². The minimum absolute atomic E-state index is 0.157. The zero-order valence-electron chi connectivity index (χ0n) is 15.6. The molecular formula is C20H19BrN2O4S. The van der Waals surface area contributed by atoms with Crippen LogP contribution in [-0.4, -0.2) is 32.2 Å². The van der Waals surface area contributed by atoms with Gasteiger partial charge in [-0.05, 0) is 29.8 Å². The first-order valence-corrected chi connectivity index (χ1v) is 10.0. The lowest BCUT2D eigenvalue weighted by molar-refractivity contribution is -0.115. The van der Waals surface area contributed by atoms with Crippen molar-refractivity contribution in [2.45, 2.75) is 6.42 Å². The van der Waals surface area contributed by atoms with Crippen LogP contribution in [0.15, 0.2) is 46.3 Å². The highest BCUT2D eigenvalue weighted by Gasteiger charge is 2.15. The number of benzene rings is 2. The first kappa shape index (κ1) is 20.2. The predicted octanol–water partition coefficient (Wildman–Crippen LogP) is 4.78. The number of thiazole rings is 1. The van der Waals surface area contributed by atoms with Crippen LogP contribution in [0.2, 0.25) is 0 Å². The highest BCUT2D eigenvalue weighted by molar-refractivity contribution is 9.10. The lowest BCUT2D eigenvalue weighted by Crippen LogP contribution is -2.14. The summed E-state index contributed by atoms with van der Waals surface area (Å²) in [7, 11) is 4.62. The van der Waals surface area contributed by atoms with Crippen molar-refractivity contribution in [2.75, 3.05) is 26.6 Å². The van der Waals surface area contributed by atoms with E-state index in [1.54, 1.807) is 26.4 Å². The van der Waals surface area contributed by atoms with E-state index in [1.807, 2.05) is 29.6 Å². The van der Waals surface area contributed by atoms with Gasteiger partial charge in [0.1, 0.15) is 0 Å². The van der Waals surface area contributed by atoms with Gasteiger partial charge in [0.05, 0.1) is 33.4 Å². The number of nitrogens with zero attached hydrogens (tertiary/aromatic N) is 1. The first-order chi connectivity index (χ1) is 13.5. The van der Waals surface area contributed by atoms with E-state index in [9.17, 15) is 4.79 Å². The van der Waals surface area contributed by atoms with Crippen LogP contribution >= 0.6 is 27.3 Å². The molecule has 1 heterocycles. The zero-order valence-corrected chi connectivity index (χ0v) is 18.0. The Morgan fingerprint density at radius 3 is 2.29 bits per heavy atom. The van der Waals surface area contributed by atoms with Crippen LogP contribution in [0.5, 0.6) is 17.2 Å². The number of carbonyl (C=O) groups is 1. The lowest BCUT2D eigenvalue weighted by Gasteiger charge is -2.13. The Bertz CT molecular complexity index is 948. The molecule has 0 bridgehead atoms. The second kappa shape index (κ2) is 9.07. The van der Waals surface area contributed by atoms with Crippen LogP contribution in [-0.2, 0) is 11.2 Å². The van der Waals surface area contributed by atoms with Gasteiger partial charge in [0.15, 0.2) is 16.6 Å². The molecule has 0 fully saturated rings. The van der Waals surface area contributed by atoms with Gasteiger partial charge in [0.2, 0.25) is 11.7 Å². The van der Waals surface area contributed by atoms with Crippen molar-refractivity contribution in [3.8, 4) is 28.5 Å². The molecule has 0 aliphatic rings. The number of hydrogen-bond donors (Lipinski definition) is 1. The van der Waals surface area contributed by atoms with Crippen molar-refractivity contribution in [1.29, 1.82) is 0 Å². The quantitative estimate of drug-likeness (QED) is 0.546. The van der Waals surface area contributed by atoms with Crippen LogP contribution in [0.25, 0.3) is 11.3 Å². The number of methoxy groups -OCH3 is 3. The molecule has 0 unspecified atom stereocenters. The molecule has 0 saturated carbocycles. The second-order valence-electron chi connectivity index (χ2n) is 5.80. The fourth-order valence-corrected chi connectivity index (χ4v) is 3.67. The summed E-state index contributed by atoms with van der Waals surface area (Å²) in [5.74, 6) is 1.34. The molecule has 0 aliphatic carbocycles. The predicted molar refractivity (Wildman–Crippen MR) is 114 cm³/mol. The maximum atomic E-state index is 12.5. The number of amides is 1. The summed E-state index contributed by atoms with van der Waals surface area (Å²) < 4.78 is 17.0. The highest BCUT2D eigenvalue weighted by Crippen LogP contribution is 2.38. The lowest BCUT2D eigenvalue weighted by atomic mass is 10.1. The maximum absolute atomic E-state index is 12.5. The van der Waals surface area contributed by atoms with Gasteiger partial charge in [0, 0.05) is 15.4 Å². The number of nitrogens with one attached hydrogen (secondary N) is 1. The van der Waals surface area contributed by atoms with Gasteiger partial charge in [-0.25, -0.2) is 4.98 Å². The molecule has 1 N–H and O–H groups in total. The third kappa shape index (κ3) is 4.63. The molecule has 0 saturated heterocycles. The molecule has 28 heavy (non-hydrogen) atoms. The minimum Gasteiger partial charge on any atom is -0.493 e. The molecule has 3 aromatic rings. The van der Waals surface area contributed by atoms with Crippen molar-refractivity contribution < 1.29 is 19.0 Å². The average Bonchev–Trinajstić information content (AvgIpc) is 3.15. The molecule has 3 rings (SSSR count). The topological polar surface area (TPSA) is 69.7 Å². The summed E-state index contributed by atoms with van der Waals surface area (Å²) in [5.41, 5.74) is 2.56. The standard InChI is InChI=1S/C20H19BrN2O4S/c1-25-16-8-12(9-17(26-2)19(16)27-3)10-18(24)23-20-22-15(11-28-20)13-4-6-14(21)7-5-13/h4-9,11H,10H2,1-3H3,(H,22,23,24). The Balaban J connectivity index is 1.72. The molecule has 0 aliphatic heterocycles. The summed E-state index contributed by atoms with van der Waals surface area (Å²) in [6.07, 6.45) is 0.157. The number of hydrogen-bond acceptors (Lipinski definition) is 6. The molecule has 0 spiro atoms. The van der Waals surface area contributed by atoms with E-state index in [1.165, 1.54) is 18.4 Å². The van der Waals surface area contributed by atoms with Crippen LogP contribution < -0.4 is 19.5 Å². The van der Waals surface area contributed by atoms with Crippen LogP contribution in [0.1, 0.15) is 5.56 Å². The molecule has 2 aromatic carbocycles. The van der Waals surface area contributed by atoms with Crippen LogP contribution in [0.4, 0.5) is 5.13 Å². The summed E-state index contributed by atoms with van der Waals surface area (Å²) in [4.78, 5) is 17.0. The number of carbonyl (C=O) groups excluding carboxylic acids is 1. The average molecular weight is 463 g/mol. The van der Waals surface area contributed by atoms with E-state index in [2.05, 4.69) is 26.2 Å². The largest absolute Gasteiger partial charge is 0.493 e. The first-order valence-electron chi connectivity index (χ1n) is 8.34. The van der Waals surface area contributed by atoms with E-state index in [-0.39, 0.29) is 12.3 Å². The second-order valence-corrected chi connectivity index (χ2v) is 7.58. The number of ether oxygens (including phenoxy) is 3. The summed E-state index contributed by atoms with van der Waals surface area (Å²) in [5, 5.41) is 5.31. The van der Waals surface area contributed by atoms with Crippen LogP contribution in [0.3, 0.4) is 0 Å². The van der Waals surface area contributed by atoms with Gasteiger partial charge in [-0.3, -0.25) is 4.79 Å². The monoisotopic (exact) mass is 462 g/mol. The Labute approximate surface area is 175 Å². The van der Waals surface area contributed by atoms with Gasteiger partial charge < -0.3 is 19.5 Å². The third-order valence-electron chi connectivity index (χ3n) is 3.98. The Kier molecular flexibility index (Phi) is 6.53. The number of rotatable bonds is 7. The SMILES string of the molecule is COc1cc(CC(=O)Nc2nc(-c3ccc(Br)cc3)cs2)cc(OC)c1OC. The van der Waals surface area contributed by atoms with E-state index in [4.69, 9.17) is 14.2 Å². The summed E-state index contributed by atoms with van der Waals surface area (Å²) in [6.45, 7) is 0. The molecule has 6 nitrogen and oxygen atoms in total. The van der Waals surface area contributed by atoms with Crippen molar-refractivity contribution in [2.24, 2.45) is 0 Å². The van der Waals surface area contributed by atoms with E-state index in [0.29, 0.717) is 22.4 Å². The minimum atomic E-state index is -0.175. The van der Waals surface area contributed by atoms with Crippen molar-refractivity contribution >= 4 is 38.3 Å². The normalized spacial score (nSPS) is 10.4. The van der Waals surface area contributed by atoms with Crippen molar-refractivity contribution in [3.63, 3.8) is 0 Å².